The molecule has 6 nitrogen and oxygen atoms in total. The maximum Gasteiger partial charge on any atom is 0.286 e. The van der Waals surface area contributed by atoms with Crippen molar-refractivity contribution < 1.29 is 8.42 Å². The van der Waals surface area contributed by atoms with E-state index in [1.54, 1.807) is 11.6 Å². The second-order valence-corrected chi connectivity index (χ2v) is 6.13. The number of rotatable bonds is 3. The van der Waals surface area contributed by atoms with Gasteiger partial charge in [-0.3, -0.25) is 4.68 Å². The van der Waals surface area contributed by atoms with Crippen molar-refractivity contribution in [3.8, 4) is 0 Å². The highest BCUT2D eigenvalue weighted by Crippen LogP contribution is 2.18. The summed E-state index contributed by atoms with van der Waals surface area (Å²) in [6, 6.07) is 0. The lowest BCUT2D eigenvalue weighted by atomic mass is 10.5. The zero-order chi connectivity index (χ0) is 12.6. The van der Waals surface area contributed by atoms with Crippen molar-refractivity contribution in [3.63, 3.8) is 0 Å². The Hall–Kier alpha value is -1.15. The van der Waals surface area contributed by atoms with Gasteiger partial charge < -0.3 is 0 Å². The molecular formula is C9H11BrN4O2S. The van der Waals surface area contributed by atoms with Gasteiger partial charge in [-0.1, -0.05) is 0 Å². The van der Waals surface area contributed by atoms with E-state index in [-0.39, 0.29) is 4.90 Å². The summed E-state index contributed by atoms with van der Waals surface area (Å²) in [4.78, 5) is 0.176. The minimum absolute atomic E-state index is 0.176. The van der Waals surface area contributed by atoms with E-state index in [9.17, 15) is 8.42 Å². The van der Waals surface area contributed by atoms with Crippen molar-refractivity contribution in [2.45, 2.75) is 25.3 Å². The lowest BCUT2D eigenvalue weighted by Gasteiger charge is -2.04. The van der Waals surface area contributed by atoms with Gasteiger partial charge in [0.25, 0.3) is 10.0 Å². The van der Waals surface area contributed by atoms with Crippen LogP contribution >= 0.6 is 15.9 Å². The van der Waals surface area contributed by atoms with E-state index in [0.29, 0.717) is 16.7 Å². The van der Waals surface area contributed by atoms with Crippen LogP contribution in [0.4, 0.5) is 0 Å². The molecule has 2 aromatic heterocycles. The first-order valence-electron chi connectivity index (χ1n) is 4.95. The number of aryl methyl sites for hydroxylation is 1. The summed E-state index contributed by atoms with van der Waals surface area (Å²) in [7, 11) is -3.65. The summed E-state index contributed by atoms with van der Waals surface area (Å²) in [6.07, 6.45) is 4.18. The monoisotopic (exact) mass is 318 g/mol. The van der Waals surface area contributed by atoms with Gasteiger partial charge in [0.1, 0.15) is 4.90 Å². The van der Waals surface area contributed by atoms with E-state index in [1.807, 2.05) is 6.92 Å². The van der Waals surface area contributed by atoms with Gasteiger partial charge in [0.05, 0.1) is 28.8 Å². The molecule has 0 aliphatic rings. The van der Waals surface area contributed by atoms with E-state index in [1.165, 1.54) is 18.6 Å². The molecule has 0 saturated heterocycles. The molecule has 2 rings (SSSR count). The van der Waals surface area contributed by atoms with E-state index >= 15 is 0 Å². The first-order valence-corrected chi connectivity index (χ1v) is 7.18. The van der Waals surface area contributed by atoms with Gasteiger partial charge >= 0.3 is 0 Å². The number of aromatic nitrogens is 4. The average molecular weight is 319 g/mol. The summed E-state index contributed by atoms with van der Waals surface area (Å²) in [5, 5.41) is 7.80. The zero-order valence-corrected chi connectivity index (χ0v) is 11.7. The van der Waals surface area contributed by atoms with Crippen LogP contribution < -0.4 is 0 Å². The van der Waals surface area contributed by atoms with Crippen LogP contribution in [0.1, 0.15) is 12.6 Å². The molecule has 0 bridgehead atoms. The molecule has 8 heteroatoms. The maximum atomic E-state index is 12.2. The fraction of sp³-hybridized carbons (Fsp3) is 0.333. The molecule has 0 aliphatic carbocycles. The number of halogens is 1. The molecule has 2 heterocycles. The van der Waals surface area contributed by atoms with Crippen molar-refractivity contribution in [2.24, 2.45) is 0 Å². The quantitative estimate of drug-likeness (QED) is 0.858. The lowest BCUT2D eigenvalue weighted by Crippen LogP contribution is -2.14. The van der Waals surface area contributed by atoms with Crippen LogP contribution in [0.2, 0.25) is 0 Å². The largest absolute Gasteiger partial charge is 0.286 e. The van der Waals surface area contributed by atoms with Crippen LogP contribution in [-0.4, -0.2) is 27.4 Å². The Kier molecular flexibility index (Phi) is 3.09. The highest BCUT2D eigenvalue weighted by Gasteiger charge is 2.23. The standard InChI is InChI=1S/C9H11BrN4O2S/c1-3-13-7(2)9(5-11-13)17(15,16)14-6-8(10)4-12-14/h4-6H,3H2,1-2H3. The van der Waals surface area contributed by atoms with Gasteiger partial charge in [-0.2, -0.15) is 22.7 Å². The molecule has 92 valence electrons. The van der Waals surface area contributed by atoms with E-state index < -0.39 is 10.0 Å². The third-order valence-corrected chi connectivity index (χ3v) is 4.47. The molecule has 0 radical (unpaired) electrons. The normalized spacial score (nSPS) is 11.9. The molecule has 0 fully saturated rings. The maximum absolute atomic E-state index is 12.2. The van der Waals surface area contributed by atoms with E-state index in [4.69, 9.17) is 0 Å². The highest BCUT2D eigenvalue weighted by atomic mass is 79.9. The molecule has 0 N–H and O–H groups in total. The summed E-state index contributed by atoms with van der Waals surface area (Å²) >= 11 is 3.17. The van der Waals surface area contributed by atoms with Crippen LogP contribution in [0, 0.1) is 6.92 Å². The molecule has 0 spiro atoms. The zero-order valence-electron chi connectivity index (χ0n) is 9.33. The molecule has 2 aromatic rings. The minimum atomic E-state index is -3.65. The predicted octanol–water partition coefficient (Wildman–Crippen LogP) is 1.41. The Morgan fingerprint density at radius 2 is 2.06 bits per heavy atom. The van der Waals surface area contributed by atoms with Crippen LogP contribution in [0.25, 0.3) is 0 Å². The number of hydrogen-bond donors (Lipinski definition) is 0. The van der Waals surface area contributed by atoms with Crippen LogP contribution in [0.5, 0.6) is 0 Å². The van der Waals surface area contributed by atoms with Gasteiger partial charge in [0, 0.05) is 6.54 Å². The average Bonchev–Trinajstić information content (AvgIpc) is 2.85. The third kappa shape index (κ3) is 2.02. The summed E-state index contributed by atoms with van der Waals surface area (Å²) in [6.45, 7) is 4.26. The first kappa shape index (κ1) is 12.3. The van der Waals surface area contributed by atoms with Gasteiger partial charge in [-0.15, -0.1) is 0 Å². The van der Waals surface area contributed by atoms with Crippen molar-refractivity contribution in [1.29, 1.82) is 0 Å². The second-order valence-electron chi connectivity index (χ2n) is 3.45. The second kappa shape index (κ2) is 4.26. The fourth-order valence-corrected chi connectivity index (χ4v) is 3.22. The van der Waals surface area contributed by atoms with Crippen molar-refractivity contribution in [1.82, 2.24) is 19.0 Å². The SMILES string of the molecule is CCn1ncc(S(=O)(=O)n2cc(Br)cn2)c1C. The Morgan fingerprint density at radius 3 is 2.53 bits per heavy atom. The lowest BCUT2D eigenvalue weighted by molar-refractivity contribution is 0.578. The van der Waals surface area contributed by atoms with Gasteiger partial charge in [-0.25, -0.2) is 0 Å². The predicted molar refractivity (Wildman–Crippen MR) is 65.1 cm³/mol. The number of hydrogen-bond acceptors (Lipinski definition) is 4. The molecule has 0 amide bonds. The smallest absolute Gasteiger partial charge is 0.269 e. The Morgan fingerprint density at radius 1 is 1.35 bits per heavy atom. The third-order valence-electron chi connectivity index (χ3n) is 2.41. The summed E-state index contributed by atoms with van der Waals surface area (Å²) in [5.74, 6) is 0. The van der Waals surface area contributed by atoms with Crippen molar-refractivity contribution in [2.75, 3.05) is 0 Å². The summed E-state index contributed by atoms with van der Waals surface area (Å²) < 4.78 is 27.6. The first-order chi connectivity index (χ1) is 7.96. The molecular weight excluding hydrogens is 308 g/mol. The fourth-order valence-electron chi connectivity index (χ4n) is 1.52. The van der Waals surface area contributed by atoms with E-state index in [2.05, 4.69) is 26.1 Å². The Bertz CT molecular complexity index is 644. The van der Waals surface area contributed by atoms with Crippen LogP contribution in [0.3, 0.4) is 0 Å². The Labute approximate surface area is 107 Å². The number of nitrogens with zero attached hydrogens (tertiary/aromatic N) is 4. The van der Waals surface area contributed by atoms with Crippen molar-refractivity contribution >= 4 is 26.0 Å². The topological polar surface area (TPSA) is 69.8 Å². The van der Waals surface area contributed by atoms with E-state index in [0.717, 1.165) is 4.09 Å². The van der Waals surface area contributed by atoms with Gasteiger partial charge in [0.2, 0.25) is 0 Å². The molecule has 0 saturated carbocycles. The highest BCUT2D eigenvalue weighted by molar-refractivity contribution is 9.10. The molecule has 0 atom stereocenters. The molecule has 17 heavy (non-hydrogen) atoms. The molecule has 0 aromatic carbocycles. The molecule has 0 unspecified atom stereocenters. The molecule has 0 aliphatic heterocycles. The van der Waals surface area contributed by atoms with Gasteiger partial charge in [-0.05, 0) is 29.8 Å². The van der Waals surface area contributed by atoms with Crippen molar-refractivity contribution in [3.05, 3.63) is 28.8 Å². The van der Waals surface area contributed by atoms with Gasteiger partial charge in [0.15, 0.2) is 0 Å². The minimum Gasteiger partial charge on any atom is -0.269 e. The Balaban J connectivity index is 2.56. The summed E-state index contributed by atoms with van der Waals surface area (Å²) in [5.41, 5.74) is 0.610. The van der Waals surface area contributed by atoms with Crippen LogP contribution in [-0.2, 0) is 16.6 Å². The van der Waals surface area contributed by atoms with Crippen LogP contribution in [0.15, 0.2) is 28.0 Å².